The third-order valence-corrected chi connectivity index (χ3v) is 2.61. The molecule has 1 aromatic heterocycles. The van der Waals surface area contributed by atoms with Crippen molar-refractivity contribution in [1.82, 2.24) is 9.78 Å². The molecule has 0 radical (unpaired) electrons. The van der Waals surface area contributed by atoms with Crippen LogP contribution in [0.5, 0.6) is 0 Å². The van der Waals surface area contributed by atoms with Gasteiger partial charge in [-0.15, -0.1) is 0 Å². The van der Waals surface area contributed by atoms with Crippen LogP contribution in [-0.2, 0) is 4.74 Å². The van der Waals surface area contributed by atoms with Gasteiger partial charge in [-0.2, -0.15) is 5.10 Å². The predicted molar refractivity (Wildman–Crippen MR) is 52.8 cm³/mol. The highest BCUT2D eigenvalue weighted by atomic mass is 16.5. The summed E-state index contributed by atoms with van der Waals surface area (Å²) < 4.78 is 6.99. The summed E-state index contributed by atoms with van der Waals surface area (Å²) in [6.07, 6.45) is 4.29. The summed E-state index contributed by atoms with van der Waals surface area (Å²) in [6, 6.07) is 0. The van der Waals surface area contributed by atoms with E-state index >= 15 is 0 Å². The van der Waals surface area contributed by atoms with Crippen LogP contribution in [0.1, 0.15) is 41.5 Å². The summed E-state index contributed by atoms with van der Waals surface area (Å²) in [6.45, 7) is 2.43. The molecule has 1 N–H and O–H groups in total. The van der Waals surface area contributed by atoms with Gasteiger partial charge >= 0.3 is 5.97 Å². The Bertz CT molecular complexity index is 367. The molecule has 1 saturated heterocycles. The molecule has 0 spiro atoms. The van der Waals surface area contributed by atoms with Gasteiger partial charge in [0.15, 0.2) is 11.9 Å². The second-order valence-electron chi connectivity index (χ2n) is 3.75. The van der Waals surface area contributed by atoms with Gasteiger partial charge in [-0.05, 0) is 26.2 Å². The predicted octanol–water partition coefficient (Wildman–Crippen LogP) is 1.59. The molecule has 1 fully saturated rings. The third-order valence-electron chi connectivity index (χ3n) is 2.61. The number of rotatable bonds is 2. The van der Waals surface area contributed by atoms with Crippen LogP contribution >= 0.6 is 0 Å². The molecule has 1 atom stereocenters. The maximum absolute atomic E-state index is 11.0. The number of carbonyl (C=O) groups is 1. The number of aryl methyl sites for hydroxylation is 1. The van der Waals surface area contributed by atoms with Gasteiger partial charge < -0.3 is 9.84 Å². The maximum atomic E-state index is 11.0. The quantitative estimate of drug-likeness (QED) is 0.805. The number of hydrogen-bond donors (Lipinski definition) is 1. The maximum Gasteiger partial charge on any atom is 0.354 e. The van der Waals surface area contributed by atoms with Gasteiger partial charge in [0.05, 0.1) is 6.20 Å². The Morgan fingerprint density at radius 2 is 2.47 bits per heavy atom. The second kappa shape index (κ2) is 4.02. The molecular formula is C10H14N2O3. The lowest BCUT2D eigenvalue weighted by molar-refractivity contribution is -0.0413. The largest absolute Gasteiger partial charge is 0.477 e. The summed E-state index contributed by atoms with van der Waals surface area (Å²) in [5, 5.41) is 13.1. The third kappa shape index (κ3) is 1.87. The van der Waals surface area contributed by atoms with Crippen molar-refractivity contribution in [2.45, 2.75) is 32.4 Å². The smallest absolute Gasteiger partial charge is 0.354 e. The number of ether oxygens (including phenoxy) is 1. The SMILES string of the molecule is Cc1cnn(C2CCCCO2)c1C(=O)O. The molecule has 1 aliphatic heterocycles. The van der Waals surface area contributed by atoms with E-state index in [1.54, 1.807) is 13.1 Å². The summed E-state index contributed by atoms with van der Waals surface area (Å²) in [5.74, 6) is -0.945. The van der Waals surface area contributed by atoms with E-state index in [2.05, 4.69) is 5.10 Å². The van der Waals surface area contributed by atoms with E-state index in [0.29, 0.717) is 12.2 Å². The van der Waals surface area contributed by atoms with Gasteiger partial charge in [0.1, 0.15) is 0 Å². The zero-order chi connectivity index (χ0) is 10.8. The minimum Gasteiger partial charge on any atom is -0.477 e. The van der Waals surface area contributed by atoms with Crippen molar-refractivity contribution in [3.8, 4) is 0 Å². The Hall–Kier alpha value is -1.36. The zero-order valence-corrected chi connectivity index (χ0v) is 8.64. The standard InChI is InChI=1S/C10H14N2O3/c1-7-6-11-12(9(7)10(13)14)8-4-2-3-5-15-8/h6,8H,2-5H2,1H3,(H,13,14). The zero-order valence-electron chi connectivity index (χ0n) is 8.64. The molecule has 0 aromatic carbocycles. The van der Waals surface area contributed by atoms with Gasteiger partial charge in [0.25, 0.3) is 0 Å². The topological polar surface area (TPSA) is 64.4 Å². The monoisotopic (exact) mass is 210 g/mol. The van der Waals surface area contributed by atoms with Gasteiger partial charge in [-0.25, -0.2) is 9.48 Å². The number of carboxylic acid groups (broad SMARTS) is 1. The lowest BCUT2D eigenvalue weighted by atomic mass is 10.2. The molecule has 82 valence electrons. The van der Waals surface area contributed by atoms with Crippen LogP contribution in [0.15, 0.2) is 6.20 Å². The van der Waals surface area contributed by atoms with Crippen LogP contribution in [0.3, 0.4) is 0 Å². The highest BCUT2D eigenvalue weighted by molar-refractivity contribution is 5.87. The van der Waals surface area contributed by atoms with E-state index in [0.717, 1.165) is 19.3 Å². The average Bonchev–Trinajstić information content (AvgIpc) is 2.61. The van der Waals surface area contributed by atoms with Crippen molar-refractivity contribution >= 4 is 5.97 Å². The minimum atomic E-state index is -0.945. The first-order valence-corrected chi connectivity index (χ1v) is 5.09. The van der Waals surface area contributed by atoms with Crippen molar-refractivity contribution < 1.29 is 14.6 Å². The first kappa shape index (κ1) is 10.2. The molecule has 0 saturated carbocycles. The number of aromatic carboxylic acids is 1. The Kier molecular flexibility index (Phi) is 2.73. The van der Waals surface area contributed by atoms with Gasteiger partial charge in [-0.3, -0.25) is 0 Å². The minimum absolute atomic E-state index is 0.210. The molecule has 0 aliphatic carbocycles. The molecule has 1 aliphatic rings. The molecule has 5 heteroatoms. The Labute approximate surface area is 87.7 Å². The Morgan fingerprint density at radius 3 is 3.07 bits per heavy atom. The van der Waals surface area contributed by atoms with Crippen molar-refractivity contribution in [3.05, 3.63) is 17.5 Å². The highest BCUT2D eigenvalue weighted by Gasteiger charge is 2.23. The molecule has 5 nitrogen and oxygen atoms in total. The first-order chi connectivity index (χ1) is 7.20. The highest BCUT2D eigenvalue weighted by Crippen LogP contribution is 2.24. The second-order valence-corrected chi connectivity index (χ2v) is 3.75. The number of carboxylic acids is 1. The van der Waals surface area contributed by atoms with Crippen LogP contribution in [0.4, 0.5) is 0 Å². The van der Waals surface area contributed by atoms with Crippen molar-refractivity contribution in [1.29, 1.82) is 0 Å². The van der Waals surface area contributed by atoms with E-state index in [-0.39, 0.29) is 11.9 Å². The van der Waals surface area contributed by atoms with Crippen LogP contribution < -0.4 is 0 Å². The lowest BCUT2D eigenvalue weighted by Gasteiger charge is -2.23. The van der Waals surface area contributed by atoms with Crippen LogP contribution in [0.25, 0.3) is 0 Å². The molecule has 15 heavy (non-hydrogen) atoms. The van der Waals surface area contributed by atoms with E-state index in [9.17, 15) is 4.79 Å². The van der Waals surface area contributed by atoms with Gasteiger partial charge in [0, 0.05) is 12.2 Å². The van der Waals surface area contributed by atoms with E-state index < -0.39 is 5.97 Å². The molecule has 1 unspecified atom stereocenters. The van der Waals surface area contributed by atoms with Gasteiger partial charge in [-0.1, -0.05) is 0 Å². The molecule has 2 heterocycles. The molecular weight excluding hydrogens is 196 g/mol. The van der Waals surface area contributed by atoms with Crippen molar-refractivity contribution in [2.75, 3.05) is 6.61 Å². The fourth-order valence-corrected chi connectivity index (χ4v) is 1.85. The summed E-state index contributed by atoms with van der Waals surface area (Å²) in [7, 11) is 0. The number of aromatic nitrogens is 2. The summed E-state index contributed by atoms with van der Waals surface area (Å²) >= 11 is 0. The van der Waals surface area contributed by atoms with Crippen molar-refractivity contribution in [2.24, 2.45) is 0 Å². The lowest BCUT2D eigenvalue weighted by Crippen LogP contribution is -2.22. The van der Waals surface area contributed by atoms with Crippen LogP contribution in [0.2, 0.25) is 0 Å². The van der Waals surface area contributed by atoms with Crippen LogP contribution in [-0.4, -0.2) is 27.5 Å². The normalized spacial score (nSPS) is 21.5. The molecule has 0 amide bonds. The summed E-state index contributed by atoms with van der Waals surface area (Å²) in [4.78, 5) is 11.0. The van der Waals surface area contributed by atoms with E-state index in [1.807, 2.05) is 0 Å². The van der Waals surface area contributed by atoms with E-state index in [4.69, 9.17) is 9.84 Å². The fourth-order valence-electron chi connectivity index (χ4n) is 1.85. The van der Waals surface area contributed by atoms with Crippen LogP contribution in [0, 0.1) is 6.92 Å². The fraction of sp³-hybridized carbons (Fsp3) is 0.600. The number of hydrogen-bond acceptors (Lipinski definition) is 3. The number of nitrogens with zero attached hydrogens (tertiary/aromatic N) is 2. The molecule has 2 rings (SSSR count). The average molecular weight is 210 g/mol. The Morgan fingerprint density at radius 1 is 1.67 bits per heavy atom. The van der Waals surface area contributed by atoms with Gasteiger partial charge in [0.2, 0.25) is 0 Å². The van der Waals surface area contributed by atoms with E-state index in [1.165, 1.54) is 4.68 Å². The molecule has 1 aromatic rings. The van der Waals surface area contributed by atoms with Crippen molar-refractivity contribution in [3.63, 3.8) is 0 Å². The summed E-state index contributed by atoms with van der Waals surface area (Å²) in [5.41, 5.74) is 0.915. The first-order valence-electron chi connectivity index (χ1n) is 5.09. The Balaban J connectivity index is 2.30. The molecule has 0 bridgehead atoms.